The second-order valence-corrected chi connectivity index (χ2v) is 7.02. The summed E-state index contributed by atoms with van der Waals surface area (Å²) in [5.74, 6) is 1.62. The van der Waals surface area contributed by atoms with E-state index in [2.05, 4.69) is 10.3 Å². The van der Waals surface area contributed by atoms with E-state index < -0.39 is 0 Å². The monoisotopic (exact) mass is 402 g/mol. The van der Waals surface area contributed by atoms with E-state index in [1.165, 1.54) is 11.8 Å². The van der Waals surface area contributed by atoms with Crippen LogP contribution in [0.15, 0.2) is 47.4 Å². The molecule has 0 saturated carbocycles. The van der Waals surface area contributed by atoms with Crippen molar-refractivity contribution in [3.63, 3.8) is 0 Å². The van der Waals surface area contributed by atoms with Crippen LogP contribution < -0.4 is 10.1 Å². The molecule has 0 fully saturated rings. The molecule has 0 amide bonds. The van der Waals surface area contributed by atoms with Gasteiger partial charge in [-0.1, -0.05) is 12.1 Å². The molecule has 0 unspecified atom stereocenters. The number of ether oxygens (including phenoxy) is 2. The molecule has 0 aliphatic heterocycles. The summed E-state index contributed by atoms with van der Waals surface area (Å²) < 4.78 is 10.6. The quantitative estimate of drug-likeness (QED) is 0.428. The summed E-state index contributed by atoms with van der Waals surface area (Å²) in [5.41, 5.74) is 0.963. The molecular weight excluding hydrogens is 376 g/mol. The Bertz CT molecular complexity index is 783. The summed E-state index contributed by atoms with van der Waals surface area (Å²) in [4.78, 5) is 28.6. The molecule has 0 aliphatic rings. The van der Waals surface area contributed by atoms with Gasteiger partial charge >= 0.3 is 5.97 Å². The van der Waals surface area contributed by atoms with Crippen LogP contribution in [-0.4, -0.2) is 42.8 Å². The number of carbonyl (C=O) groups is 2. The zero-order valence-electron chi connectivity index (χ0n) is 16.3. The summed E-state index contributed by atoms with van der Waals surface area (Å²) >= 11 is 1.44. The van der Waals surface area contributed by atoms with Crippen molar-refractivity contribution in [3.05, 3.63) is 48.2 Å². The molecule has 0 saturated heterocycles. The lowest BCUT2D eigenvalue weighted by molar-refractivity contribution is -0.144. The zero-order valence-corrected chi connectivity index (χ0v) is 17.1. The lowest BCUT2D eigenvalue weighted by atomic mass is 10.2. The third kappa shape index (κ3) is 8.00. The van der Waals surface area contributed by atoms with Gasteiger partial charge in [0.15, 0.2) is 0 Å². The minimum atomic E-state index is -0.328. The number of carbonyl (C=O) groups excluding carboxylic acids is 2. The number of thioether (sulfide) groups is 1. The molecule has 1 aromatic carbocycles. The van der Waals surface area contributed by atoms with Gasteiger partial charge < -0.3 is 14.8 Å². The lowest BCUT2D eigenvalue weighted by Crippen LogP contribution is -2.09. The first kappa shape index (κ1) is 21.8. The SMILES string of the molecule is CCOC(=O)CCC(=O)CSc1cccc(OCCc2cccc(NC)n2)c1. The van der Waals surface area contributed by atoms with Gasteiger partial charge in [-0.05, 0) is 37.3 Å². The topological polar surface area (TPSA) is 77.5 Å². The predicted octanol–water partition coefficient (Wildman–Crippen LogP) is 3.75. The van der Waals surface area contributed by atoms with E-state index >= 15 is 0 Å². The van der Waals surface area contributed by atoms with Crippen molar-refractivity contribution >= 4 is 29.3 Å². The Kier molecular flexibility index (Phi) is 9.34. The Balaban J connectivity index is 1.75. The van der Waals surface area contributed by atoms with E-state index in [4.69, 9.17) is 9.47 Å². The van der Waals surface area contributed by atoms with Gasteiger partial charge in [0.1, 0.15) is 17.4 Å². The highest BCUT2D eigenvalue weighted by Crippen LogP contribution is 2.23. The van der Waals surface area contributed by atoms with Crippen molar-refractivity contribution in [2.75, 3.05) is 31.3 Å². The number of nitrogens with one attached hydrogen (secondary N) is 1. The molecule has 2 rings (SSSR count). The average molecular weight is 403 g/mol. The van der Waals surface area contributed by atoms with Crippen molar-refractivity contribution < 1.29 is 19.1 Å². The number of Topliss-reactive ketones (excluding diaryl/α,β-unsaturated/α-hetero) is 1. The van der Waals surface area contributed by atoms with Crippen molar-refractivity contribution in [2.24, 2.45) is 0 Å². The van der Waals surface area contributed by atoms with Crippen LogP contribution >= 0.6 is 11.8 Å². The summed E-state index contributed by atoms with van der Waals surface area (Å²) in [6, 6.07) is 13.5. The number of pyridine rings is 1. The molecule has 1 N–H and O–H groups in total. The van der Waals surface area contributed by atoms with Gasteiger partial charge in [-0.15, -0.1) is 11.8 Å². The number of nitrogens with zero attached hydrogens (tertiary/aromatic N) is 1. The van der Waals surface area contributed by atoms with Crippen molar-refractivity contribution in [1.82, 2.24) is 4.98 Å². The Hall–Kier alpha value is -2.54. The number of aromatic nitrogens is 1. The highest BCUT2D eigenvalue weighted by atomic mass is 32.2. The standard InChI is InChI=1S/C21H26N2O4S/c1-3-26-21(25)11-10-17(24)15-28-19-8-5-7-18(14-19)27-13-12-16-6-4-9-20(22-2)23-16/h4-9,14H,3,10-13,15H2,1-2H3,(H,22,23). The van der Waals surface area contributed by atoms with Crippen LogP contribution in [0.1, 0.15) is 25.5 Å². The number of benzene rings is 1. The molecule has 0 bridgehead atoms. The van der Waals surface area contributed by atoms with E-state index in [1.807, 2.05) is 49.5 Å². The fraction of sp³-hybridized carbons (Fsp3) is 0.381. The van der Waals surface area contributed by atoms with Crippen molar-refractivity contribution in [2.45, 2.75) is 31.1 Å². The van der Waals surface area contributed by atoms with E-state index in [9.17, 15) is 9.59 Å². The number of ketones is 1. The molecular formula is C21H26N2O4S. The first-order chi connectivity index (χ1) is 13.6. The van der Waals surface area contributed by atoms with E-state index in [0.29, 0.717) is 25.4 Å². The molecule has 1 heterocycles. The first-order valence-corrected chi connectivity index (χ1v) is 10.3. The largest absolute Gasteiger partial charge is 0.493 e. The number of hydrogen-bond acceptors (Lipinski definition) is 7. The number of hydrogen-bond donors (Lipinski definition) is 1. The number of rotatable bonds is 12. The van der Waals surface area contributed by atoms with Crippen LogP contribution in [-0.2, 0) is 20.7 Å². The molecule has 0 aliphatic carbocycles. The highest BCUT2D eigenvalue weighted by molar-refractivity contribution is 8.00. The Morgan fingerprint density at radius 1 is 1.14 bits per heavy atom. The number of esters is 1. The van der Waals surface area contributed by atoms with Crippen LogP contribution in [0.25, 0.3) is 0 Å². The minimum absolute atomic E-state index is 0.0277. The maximum atomic E-state index is 11.9. The highest BCUT2D eigenvalue weighted by Gasteiger charge is 2.09. The Morgan fingerprint density at radius 2 is 1.96 bits per heavy atom. The van der Waals surface area contributed by atoms with Gasteiger partial charge in [0, 0.05) is 30.5 Å². The predicted molar refractivity (Wildman–Crippen MR) is 111 cm³/mol. The molecule has 0 radical (unpaired) electrons. The summed E-state index contributed by atoms with van der Waals surface area (Å²) in [5, 5.41) is 3.02. The lowest BCUT2D eigenvalue weighted by Gasteiger charge is -2.08. The van der Waals surface area contributed by atoms with Crippen LogP contribution in [0.5, 0.6) is 5.75 Å². The maximum Gasteiger partial charge on any atom is 0.306 e. The number of anilines is 1. The van der Waals surface area contributed by atoms with Gasteiger partial charge in [-0.2, -0.15) is 0 Å². The fourth-order valence-corrected chi connectivity index (χ4v) is 3.24. The third-order valence-electron chi connectivity index (χ3n) is 3.81. The van der Waals surface area contributed by atoms with Gasteiger partial charge in [-0.25, -0.2) is 4.98 Å². The Morgan fingerprint density at radius 3 is 2.75 bits per heavy atom. The molecule has 0 atom stereocenters. The van der Waals surface area contributed by atoms with Crippen LogP contribution in [0.3, 0.4) is 0 Å². The molecule has 6 nitrogen and oxygen atoms in total. The molecule has 0 spiro atoms. The van der Waals surface area contributed by atoms with Gasteiger partial charge in [0.2, 0.25) is 0 Å². The molecule has 28 heavy (non-hydrogen) atoms. The average Bonchev–Trinajstić information content (AvgIpc) is 2.71. The van der Waals surface area contributed by atoms with Gasteiger partial charge in [0.05, 0.1) is 25.4 Å². The summed E-state index contributed by atoms with van der Waals surface area (Å²) in [6.07, 6.45) is 1.05. The molecule has 2 aromatic rings. The first-order valence-electron chi connectivity index (χ1n) is 9.27. The van der Waals surface area contributed by atoms with Crippen LogP contribution in [0.4, 0.5) is 5.82 Å². The summed E-state index contributed by atoms with van der Waals surface area (Å²) in [6.45, 7) is 2.61. The van der Waals surface area contributed by atoms with E-state index in [-0.39, 0.29) is 24.6 Å². The normalized spacial score (nSPS) is 10.4. The second-order valence-electron chi connectivity index (χ2n) is 5.97. The third-order valence-corrected chi connectivity index (χ3v) is 4.86. The smallest absolute Gasteiger partial charge is 0.306 e. The molecule has 7 heteroatoms. The van der Waals surface area contributed by atoms with Crippen molar-refractivity contribution in [1.29, 1.82) is 0 Å². The zero-order chi connectivity index (χ0) is 20.2. The molecule has 150 valence electrons. The fourth-order valence-electron chi connectivity index (χ4n) is 2.40. The Labute approximate surface area is 170 Å². The van der Waals surface area contributed by atoms with Gasteiger partial charge in [-0.3, -0.25) is 9.59 Å². The van der Waals surface area contributed by atoms with Crippen LogP contribution in [0, 0.1) is 0 Å². The second kappa shape index (κ2) is 12.0. The van der Waals surface area contributed by atoms with Crippen molar-refractivity contribution in [3.8, 4) is 5.75 Å². The molecule has 1 aromatic heterocycles. The van der Waals surface area contributed by atoms with Gasteiger partial charge in [0.25, 0.3) is 0 Å². The van der Waals surface area contributed by atoms with E-state index in [0.717, 1.165) is 22.2 Å². The van der Waals surface area contributed by atoms with E-state index in [1.54, 1.807) is 6.92 Å². The maximum absolute atomic E-state index is 11.9. The summed E-state index contributed by atoms with van der Waals surface area (Å²) in [7, 11) is 1.84. The minimum Gasteiger partial charge on any atom is -0.493 e. The van der Waals surface area contributed by atoms with Crippen LogP contribution in [0.2, 0.25) is 0 Å².